The first-order valence-corrected chi connectivity index (χ1v) is 17.9. The molecule has 1 aliphatic rings. The molecule has 0 radical (unpaired) electrons. The summed E-state index contributed by atoms with van der Waals surface area (Å²) in [7, 11) is 3.28. The predicted octanol–water partition coefficient (Wildman–Crippen LogP) is 7.38. The topological polar surface area (TPSA) is 81.2 Å². The maximum Gasteiger partial charge on any atom is 0.227 e. The second kappa shape index (κ2) is 14.0. The molecule has 1 fully saturated rings. The van der Waals surface area contributed by atoms with E-state index in [1.165, 1.54) is 27.7 Å². The third-order valence-electron chi connectivity index (χ3n) is 7.17. The summed E-state index contributed by atoms with van der Waals surface area (Å²) in [5.41, 5.74) is 3.56. The number of benzene rings is 1. The van der Waals surface area contributed by atoms with E-state index in [1.54, 1.807) is 27.8 Å². The molecule has 6 nitrogen and oxygen atoms in total. The van der Waals surface area contributed by atoms with Crippen molar-refractivity contribution in [1.29, 1.82) is 0 Å². The van der Waals surface area contributed by atoms with Crippen molar-refractivity contribution < 1.29 is 9.90 Å². The molecule has 4 rings (SSSR count). The van der Waals surface area contributed by atoms with Gasteiger partial charge in [-0.2, -0.15) is 0 Å². The zero-order valence-corrected chi connectivity index (χ0v) is 27.9. The van der Waals surface area contributed by atoms with Crippen LogP contribution in [0.15, 0.2) is 46.6 Å². The van der Waals surface area contributed by atoms with Gasteiger partial charge in [0.2, 0.25) is 10.9 Å². The Bertz CT molecular complexity index is 1290. The molecule has 0 atom stereocenters. The summed E-state index contributed by atoms with van der Waals surface area (Å²) in [5, 5.41) is 17.6. The van der Waals surface area contributed by atoms with Crippen LogP contribution in [0.4, 0.5) is 5.69 Å². The lowest BCUT2D eigenvalue weighted by Gasteiger charge is -2.34. The van der Waals surface area contributed by atoms with Crippen LogP contribution in [-0.2, 0) is 23.0 Å². The number of aromatic nitrogens is 2. The highest BCUT2D eigenvalue weighted by Gasteiger charge is 2.31. The summed E-state index contributed by atoms with van der Waals surface area (Å²) < 4.78 is 0.140. The van der Waals surface area contributed by atoms with Gasteiger partial charge >= 0.3 is 0 Å². The monoisotopic (exact) mass is 615 g/mol. The average Bonchev–Trinajstić information content (AvgIpc) is 3.21. The minimum atomic E-state index is 0.122. The van der Waals surface area contributed by atoms with Crippen molar-refractivity contribution in [2.75, 3.05) is 30.3 Å². The minimum Gasteiger partial charge on any atom is -0.506 e. The number of carbonyl (C=O) groups is 1. The first-order valence-electron chi connectivity index (χ1n) is 14.7. The lowest BCUT2D eigenvalue weighted by molar-refractivity contribution is -0.120. The number of carbonyl (C=O) groups excluding carboxylic acids is 1. The second-order valence-corrected chi connectivity index (χ2v) is 17.7. The van der Waals surface area contributed by atoms with Crippen molar-refractivity contribution in [2.24, 2.45) is 11.3 Å². The standard InChI is InChI=1S/C32H46N4O2S3/c1-31(2,3)21-24-23-10-11-25(37)29(28(23)35-30(24)40-32(4,5)6)36-18-13-22(14-19-36)12-17-33-26(38)15-20-39-41-27-9-7-8-16-34-27/h7-11,16,22,35,37H,12-15,17-21H2,1-6H3,(H,33,38)/p+1. The smallest absolute Gasteiger partial charge is 0.227 e. The van der Waals surface area contributed by atoms with Crippen LogP contribution in [0.3, 0.4) is 0 Å². The Balaban J connectivity index is 1.31. The average molecular weight is 616 g/mol. The largest absolute Gasteiger partial charge is 0.506 e. The van der Waals surface area contributed by atoms with Gasteiger partial charge in [-0.25, -0.2) is 4.98 Å². The normalized spacial score (nSPS) is 15.0. The molecule has 0 spiro atoms. The summed E-state index contributed by atoms with van der Waals surface area (Å²) >= 11 is 1.28. The fourth-order valence-electron chi connectivity index (χ4n) is 5.32. The van der Waals surface area contributed by atoms with E-state index >= 15 is 0 Å². The van der Waals surface area contributed by atoms with Crippen molar-refractivity contribution in [1.82, 2.24) is 15.3 Å². The van der Waals surface area contributed by atoms with E-state index in [0.717, 1.165) is 67.3 Å². The molecule has 0 bridgehead atoms. The first-order chi connectivity index (χ1) is 19.4. The number of thiol groups is 1. The number of aromatic amines is 1. The van der Waals surface area contributed by atoms with Gasteiger partial charge in [-0.15, -0.1) is 0 Å². The summed E-state index contributed by atoms with van der Waals surface area (Å²) in [6, 6.07) is 9.84. The minimum absolute atomic E-state index is 0.122. The molecule has 9 heteroatoms. The molecule has 0 unspecified atom stereocenters. The van der Waals surface area contributed by atoms with Gasteiger partial charge in [0, 0.05) is 60.7 Å². The summed E-state index contributed by atoms with van der Waals surface area (Å²) in [6.07, 6.45) is 6.42. The number of aromatic hydroxyl groups is 1. The number of phenols is 1. The van der Waals surface area contributed by atoms with Gasteiger partial charge in [0.15, 0.2) is 0 Å². The quantitative estimate of drug-likeness (QED) is 0.0904. The molecule has 41 heavy (non-hydrogen) atoms. The Morgan fingerprint density at radius 1 is 1.15 bits per heavy atom. The van der Waals surface area contributed by atoms with E-state index in [0.29, 0.717) is 18.1 Å². The number of hydrogen-bond donors (Lipinski definition) is 3. The Kier molecular flexibility index (Phi) is 10.9. The Hall–Kier alpha value is -1.97. The lowest BCUT2D eigenvalue weighted by Crippen LogP contribution is -2.35. The van der Waals surface area contributed by atoms with E-state index in [-0.39, 0.29) is 16.1 Å². The Morgan fingerprint density at radius 2 is 1.90 bits per heavy atom. The zero-order chi connectivity index (χ0) is 29.6. The molecule has 0 saturated carbocycles. The SMILES string of the molecule is CC(C)(C)Cc1c([SH+]C(C)(C)C)[nH]c2c(N3CCC(CCNC(=O)CCSSc4ccccn4)CC3)c(O)ccc12. The molecular formula is C32H47N4O2S3+. The van der Waals surface area contributed by atoms with Gasteiger partial charge in [-0.1, -0.05) is 37.6 Å². The number of H-pyrrole nitrogens is 1. The van der Waals surface area contributed by atoms with Gasteiger partial charge in [0.25, 0.3) is 0 Å². The zero-order valence-electron chi connectivity index (χ0n) is 25.4. The van der Waals surface area contributed by atoms with Crippen molar-refractivity contribution in [3.63, 3.8) is 0 Å². The molecule has 1 saturated heterocycles. The molecule has 1 aliphatic heterocycles. The van der Waals surface area contributed by atoms with Crippen molar-refractivity contribution in [3.8, 4) is 5.75 Å². The van der Waals surface area contributed by atoms with Gasteiger partial charge in [0.1, 0.15) is 21.2 Å². The van der Waals surface area contributed by atoms with E-state index in [9.17, 15) is 9.90 Å². The van der Waals surface area contributed by atoms with Crippen molar-refractivity contribution in [3.05, 3.63) is 42.1 Å². The number of pyridine rings is 1. The summed E-state index contributed by atoms with van der Waals surface area (Å²) in [5.74, 6) is 1.83. The molecule has 1 aromatic carbocycles. The predicted molar refractivity (Wildman–Crippen MR) is 180 cm³/mol. The van der Waals surface area contributed by atoms with Gasteiger partial charge in [0.05, 0.1) is 5.52 Å². The van der Waals surface area contributed by atoms with Crippen LogP contribution in [0.2, 0.25) is 0 Å². The number of rotatable bonds is 11. The first kappa shape index (κ1) is 32.0. The molecule has 1 amide bonds. The van der Waals surface area contributed by atoms with Crippen LogP contribution in [0.5, 0.6) is 5.75 Å². The molecule has 0 aliphatic carbocycles. The highest BCUT2D eigenvalue weighted by Crippen LogP contribution is 2.42. The van der Waals surface area contributed by atoms with Gasteiger partial charge in [-0.3, -0.25) is 4.79 Å². The van der Waals surface area contributed by atoms with Crippen molar-refractivity contribution in [2.45, 2.75) is 88.4 Å². The van der Waals surface area contributed by atoms with Crippen LogP contribution < -0.4 is 10.2 Å². The fourth-order valence-corrected chi connectivity index (χ4v) is 8.36. The maximum atomic E-state index is 12.3. The summed E-state index contributed by atoms with van der Waals surface area (Å²) in [6.45, 7) is 16.2. The molecule has 3 aromatic rings. The number of hydrogen-bond acceptors (Lipinski definition) is 6. The Morgan fingerprint density at radius 3 is 2.56 bits per heavy atom. The highest BCUT2D eigenvalue weighted by atomic mass is 33.1. The molecular weight excluding hydrogens is 569 g/mol. The van der Waals surface area contributed by atoms with Crippen molar-refractivity contribution >= 4 is 55.8 Å². The number of phenolic OH excluding ortho intramolecular Hbond substituents is 1. The fraction of sp³-hybridized carbons (Fsp3) is 0.562. The lowest BCUT2D eigenvalue weighted by atomic mass is 9.88. The van der Waals surface area contributed by atoms with Crippen LogP contribution >= 0.6 is 21.6 Å². The number of nitrogens with one attached hydrogen (secondary N) is 2. The number of nitrogens with zero attached hydrogens (tertiary/aromatic N) is 2. The molecule has 2 aromatic heterocycles. The third kappa shape index (κ3) is 9.52. The highest BCUT2D eigenvalue weighted by molar-refractivity contribution is 8.76. The molecule has 3 heterocycles. The number of fused-ring (bicyclic) bond motifs is 1. The Labute approximate surface area is 258 Å². The van der Waals surface area contributed by atoms with Crippen LogP contribution in [0, 0.1) is 11.3 Å². The van der Waals surface area contributed by atoms with E-state index in [4.69, 9.17) is 0 Å². The third-order valence-corrected chi connectivity index (χ3v) is 10.7. The van der Waals surface area contributed by atoms with Gasteiger partial charge < -0.3 is 20.3 Å². The second-order valence-electron chi connectivity index (χ2n) is 13.2. The van der Waals surface area contributed by atoms with Crippen LogP contribution in [0.25, 0.3) is 10.9 Å². The van der Waals surface area contributed by atoms with Crippen LogP contribution in [0.1, 0.15) is 72.8 Å². The van der Waals surface area contributed by atoms with E-state index in [1.807, 2.05) is 24.3 Å². The number of amides is 1. The van der Waals surface area contributed by atoms with E-state index < -0.39 is 0 Å². The summed E-state index contributed by atoms with van der Waals surface area (Å²) in [4.78, 5) is 22.7. The molecule has 3 N–H and O–H groups in total. The maximum absolute atomic E-state index is 12.3. The van der Waals surface area contributed by atoms with Crippen LogP contribution in [-0.4, -0.2) is 51.1 Å². The number of anilines is 1. The van der Waals surface area contributed by atoms with E-state index in [2.05, 4.69) is 67.8 Å². The number of piperidine rings is 1. The molecule has 224 valence electrons. The van der Waals surface area contributed by atoms with Gasteiger partial charge in [-0.05, 0) is 92.8 Å².